The number of nitrogens with zero attached hydrogens (tertiary/aromatic N) is 1. The average molecular weight is 370 g/mol. The zero-order valence-electron chi connectivity index (χ0n) is 16.2. The number of hydrogen-bond acceptors (Lipinski definition) is 3. The second-order valence-electron chi connectivity index (χ2n) is 7.34. The van der Waals surface area contributed by atoms with Gasteiger partial charge < -0.3 is 10.2 Å². The summed E-state index contributed by atoms with van der Waals surface area (Å²) >= 11 is 0. The number of benzene rings is 2. The molecule has 27 heavy (non-hydrogen) atoms. The molecule has 3 unspecified atom stereocenters. The third-order valence-corrected chi connectivity index (χ3v) is 5.47. The SMILES string of the molecule is CC1CCC(C)N1CC(O)CC(c1ccccc1)c1ccccc1.O=CO. The number of carboxylic acid groups (broad SMARTS) is 1. The normalized spacial score (nSPS) is 20.7. The Bertz CT molecular complexity index is 612. The van der Waals surface area contributed by atoms with Gasteiger partial charge in [0.05, 0.1) is 6.10 Å². The minimum Gasteiger partial charge on any atom is -0.483 e. The molecule has 0 spiro atoms. The number of carbonyl (C=O) groups is 1. The van der Waals surface area contributed by atoms with E-state index in [2.05, 4.69) is 79.4 Å². The number of aliphatic hydroxyl groups is 1. The van der Waals surface area contributed by atoms with Crippen molar-refractivity contribution in [3.63, 3.8) is 0 Å². The minimum absolute atomic E-state index is 0.246. The molecule has 2 aromatic rings. The van der Waals surface area contributed by atoms with Crippen LogP contribution in [-0.4, -0.2) is 46.3 Å². The van der Waals surface area contributed by atoms with Crippen molar-refractivity contribution in [1.82, 2.24) is 4.90 Å². The third-order valence-electron chi connectivity index (χ3n) is 5.47. The van der Waals surface area contributed by atoms with Crippen LogP contribution in [0.25, 0.3) is 0 Å². The maximum atomic E-state index is 10.8. The van der Waals surface area contributed by atoms with Crippen molar-refractivity contribution < 1.29 is 15.0 Å². The van der Waals surface area contributed by atoms with Gasteiger partial charge in [0.2, 0.25) is 0 Å². The van der Waals surface area contributed by atoms with Gasteiger partial charge in [-0.25, -0.2) is 0 Å². The first-order valence-electron chi connectivity index (χ1n) is 9.68. The predicted molar refractivity (Wildman–Crippen MR) is 109 cm³/mol. The molecule has 146 valence electrons. The van der Waals surface area contributed by atoms with Gasteiger partial charge in [0.1, 0.15) is 0 Å². The highest BCUT2D eigenvalue weighted by molar-refractivity contribution is 5.33. The number of hydrogen-bond donors (Lipinski definition) is 2. The zero-order chi connectivity index (χ0) is 19.6. The van der Waals surface area contributed by atoms with Crippen LogP contribution < -0.4 is 0 Å². The lowest BCUT2D eigenvalue weighted by molar-refractivity contribution is -0.122. The van der Waals surface area contributed by atoms with E-state index < -0.39 is 0 Å². The Morgan fingerprint density at radius 2 is 1.37 bits per heavy atom. The number of β-amino-alcohol motifs (C(OH)–C–C–N with tert-alkyl or cyclic N) is 1. The monoisotopic (exact) mass is 369 g/mol. The molecule has 1 heterocycles. The predicted octanol–water partition coefficient (Wildman–Crippen LogP) is 4.14. The average Bonchev–Trinajstić information content (AvgIpc) is 3.00. The Hall–Kier alpha value is -2.17. The lowest BCUT2D eigenvalue weighted by Gasteiger charge is -2.30. The molecule has 1 saturated heterocycles. The Morgan fingerprint density at radius 3 is 1.78 bits per heavy atom. The molecule has 3 atom stereocenters. The highest BCUT2D eigenvalue weighted by atomic mass is 16.3. The fraction of sp³-hybridized carbons (Fsp3) is 0.435. The van der Waals surface area contributed by atoms with Crippen LogP contribution >= 0.6 is 0 Å². The highest BCUT2D eigenvalue weighted by Crippen LogP contribution is 2.31. The molecule has 2 aromatic carbocycles. The molecule has 0 aromatic heterocycles. The molecule has 4 nitrogen and oxygen atoms in total. The van der Waals surface area contributed by atoms with Crippen LogP contribution in [0.3, 0.4) is 0 Å². The second-order valence-corrected chi connectivity index (χ2v) is 7.34. The van der Waals surface area contributed by atoms with Gasteiger partial charge in [-0.15, -0.1) is 0 Å². The number of likely N-dealkylation sites (tertiary alicyclic amines) is 1. The molecule has 4 heteroatoms. The first kappa shape index (κ1) is 21.1. The summed E-state index contributed by atoms with van der Waals surface area (Å²) in [5.74, 6) is 0.246. The van der Waals surface area contributed by atoms with Crippen LogP contribution in [0.4, 0.5) is 0 Å². The molecular formula is C23H31NO3. The van der Waals surface area contributed by atoms with Gasteiger partial charge in [-0.05, 0) is 44.2 Å². The summed E-state index contributed by atoms with van der Waals surface area (Å²) in [6.45, 7) is 5.09. The fourth-order valence-corrected chi connectivity index (χ4v) is 4.03. The van der Waals surface area contributed by atoms with Gasteiger partial charge in [0.25, 0.3) is 6.47 Å². The van der Waals surface area contributed by atoms with Crippen molar-refractivity contribution in [2.24, 2.45) is 0 Å². The van der Waals surface area contributed by atoms with Gasteiger partial charge in [0, 0.05) is 24.5 Å². The first-order valence-corrected chi connectivity index (χ1v) is 9.68. The minimum atomic E-state index is -0.307. The van der Waals surface area contributed by atoms with E-state index in [0.717, 1.165) is 13.0 Å². The van der Waals surface area contributed by atoms with E-state index >= 15 is 0 Å². The Labute approximate surface area is 162 Å². The molecule has 0 amide bonds. The van der Waals surface area contributed by atoms with Crippen molar-refractivity contribution in [1.29, 1.82) is 0 Å². The van der Waals surface area contributed by atoms with E-state index in [9.17, 15) is 5.11 Å². The van der Waals surface area contributed by atoms with Gasteiger partial charge in [-0.3, -0.25) is 9.69 Å². The van der Waals surface area contributed by atoms with E-state index in [0.29, 0.717) is 12.1 Å². The summed E-state index contributed by atoms with van der Waals surface area (Å²) in [5, 5.41) is 17.7. The summed E-state index contributed by atoms with van der Waals surface area (Å²) in [7, 11) is 0. The maximum absolute atomic E-state index is 10.8. The summed E-state index contributed by atoms with van der Waals surface area (Å²) in [6.07, 6.45) is 2.95. The molecule has 0 radical (unpaired) electrons. The Morgan fingerprint density at radius 1 is 0.963 bits per heavy atom. The van der Waals surface area contributed by atoms with Crippen molar-refractivity contribution >= 4 is 6.47 Å². The van der Waals surface area contributed by atoms with Gasteiger partial charge in [-0.1, -0.05) is 60.7 Å². The van der Waals surface area contributed by atoms with Gasteiger partial charge >= 0.3 is 0 Å². The molecule has 0 bridgehead atoms. The summed E-state index contributed by atoms with van der Waals surface area (Å²) in [6, 6.07) is 22.3. The van der Waals surface area contributed by atoms with Crippen LogP contribution in [0.2, 0.25) is 0 Å². The maximum Gasteiger partial charge on any atom is 0.290 e. The Balaban J connectivity index is 0.000000817. The standard InChI is InChI=1S/C22H29NO.CH2O2/c1-17-13-14-18(2)23(17)16-21(24)15-22(19-9-5-3-6-10-19)20-11-7-4-8-12-20;2-1-3/h3-12,17-18,21-22,24H,13-16H2,1-2H3;1H,(H,2,3). The topological polar surface area (TPSA) is 60.8 Å². The molecule has 0 aliphatic carbocycles. The van der Waals surface area contributed by atoms with E-state index in [1.165, 1.54) is 24.0 Å². The quantitative estimate of drug-likeness (QED) is 0.751. The van der Waals surface area contributed by atoms with Crippen molar-refractivity contribution in [2.75, 3.05) is 6.54 Å². The lowest BCUT2D eigenvalue weighted by atomic mass is 9.86. The summed E-state index contributed by atoms with van der Waals surface area (Å²) in [4.78, 5) is 10.8. The van der Waals surface area contributed by atoms with E-state index in [-0.39, 0.29) is 18.5 Å². The third kappa shape index (κ3) is 6.19. The molecule has 3 rings (SSSR count). The van der Waals surface area contributed by atoms with Crippen LogP contribution in [0.1, 0.15) is 50.2 Å². The smallest absolute Gasteiger partial charge is 0.290 e. The molecular weight excluding hydrogens is 338 g/mol. The summed E-state index contributed by atoms with van der Waals surface area (Å²) in [5.41, 5.74) is 2.57. The van der Waals surface area contributed by atoms with E-state index in [1.807, 2.05) is 0 Å². The van der Waals surface area contributed by atoms with Crippen molar-refractivity contribution in [3.05, 3.63) is 71.8 Å². The second kappa shape index (κ2) is 10.9. The van der Waals surface area contributed by atoms with Crippen LogP contribution in [0.15, 0.2) is 60.7 Å². The molecule has 0 saturated carbocycles. The molecule has 2 N–H and O–H groups in total. The van der Waals surface area contributed by atoms with Crippen molar-refractivity contribution in [2.45, 2.75) is 57.2 Å². The number of rotatable bonds is 6. The van der Waals surface area contributed by atoms with Crippen molar-refractivity contribution in [3.8, 4) is 0 Å². The van der Waals surface area contributed by atoms with E-state index in [4.69, 9.17) is 9.90 Å². The van der Waals surface area contributed by atoms with E-state index in [1.54, 1.807) is 0 Å². The molecule has 1 aliphatic rings. The highest BCUT2D eigenvalue weighted by Gasteiger charge is 2.29. The molecule has 1 fully saturated rings. The van der Waals surface area contributed by atoms with Crippen LogP contribution in [0, 0.1) is 0 Å². The van der Waals surface area contributed by atoms with Crippen LogP contribution in [-0.2, 0) is 4.79 Å². The Kier molecular flexibility index (Phi) is 8.49. The fourth-order valence-electron chi connectivity index (χ4n) is 4.03. The lowest BCUT2D eigenvalue weighted by Crippen LogP contribution is -2.39. The number of aliphatic hydroxyl groups excluding tert-OH is 1. The zero-order valence-corrected chi connectivity index (χ0v) is 16.2. The molecule has 1 aliphatic heterocycles. The largest absolute Gasteiger partial charge is 0.483 e. The summed E-state index contributed by atoms with van der Waals surface area (Å²) < 4.78 is 0. The van der Waals surface area contributed by atoms with Gasteiger partial charge in [0.15, 0.2) is 0 Å². The van der Waals surface area contributed by atoms with Crippen LogP contribution in [0.5, 0.6) is 0 Å². The first-order chi connectivity index (χ1) is 13.1. The van der Waals surface area contributed by atoms with Gasteiger partial charge in [-0.2, -0.15) is 0 Å².